The smallest absolute Gasteiger partial charge is 0.324 e. The molecule has 0 N–H and O–H groups in total. The van der Waals surface area contributed by atoms with Gasteiger partial charge in [0.1, 0.15) is 0 Å². The summed E-state index contributed by atoms with van der Waals surface area (Å²) in [6.45, 7) is 10.8. The fourth-order valence-electron chi connectivity index (χ4n) is 3.50. The van der Waals surface area contributed by atoms with Gasteiger partial charge in [-0.05, 0) is 52.5 Å². The number of rotatable bonds is 15. The Morgan fingerprint density at radius 2 is 1.31 bits per heavy atom. The Labute approximate surface area is 207 Å². The van der Waals surface area contributed by atoms with Crippen molar-refractivity contribution in [2.45, 2.75) is 47.0 Å². The molecule has 1 aromatic carbocycles. The monoisotopic (exact) mass is 488 g/mol. The minimum Gasteiger partial charge on any atom is -0.465 e. The minimum atomic E-state index is -1.73. The third-order valence-electron chi connectivity index (χ3n) is 5.10. The molecule has 0 saturated heterocycles. The van der Waals surface area contributed by atoms with Crippen LogP contribution in [0.5, 0.6) is 0 Å². The molecule has 8 heteroatoms. The number of esters is 4. The predicted molar refractivity (Wildman–Crippen MR) is 131 cm³/mol. The fourth-order valence-corrected chi connectivity index (χ4v) is 3.50. The molecule has 1 aromatic rings. The molecule has 35 heavy (non-hydrogen) atoms. The van der Waals surface area contributed by atoms with Gasteiger partial charge in [0.15, 0.2) is 11.3 Å². The number of hydrogen-bond donors (Lipinski definition) is 0. The van der Waals surface area contributed by atoms with Gasteiger partial charge < -0.3 is 18.9 Å². The van der Waals surface area contributed by atoms with Crippen LogP contribution in [0.25, 0.3) is 6.08 Å². The van der Waals surface area contributed by atoms with Crippen molar-refractivity contribution in [2.24, 2.45) is 11.3 Å². The average molecular weight is 489 g/mol. The molecule has 0 aliphatic carbocycles. The molecule has 0 spiro atoms. The maximum atomic E-state index is 13.1. The van der Waals surface area contributed by atoms with Crippen molar-refractivity contribution in [3.05, 3.63) is 54.1 Å². The lowest BCUT2D eigenvalue weighted by Crippen LogP contribution is -2.42. The molecule has 8 nitrogen and oxygen atoms in total. The number of ether oxygens (including phenoxy) is 4. The molecule has 0 radical (unpaired) electrons. The highest BCUT2D eigenvalue weighted by Gasteiger charge is 2.48. The summed E-state index contributed by atoms with van der Waals surface area (Å²) in [6, 6.07) is 9.39. The first kappa shape index (κ1) is 29.6. The topological polar surface area (TPSA) is 105 Å². The molecular formula is C27H36O8. The van der Waals surface area contributed by atoms with Crippen LogP contribution in [0.3, 0.4) is 0 Å². The molecule has 0 saturated carbocycles. The maximum Gasteiger partial charge on any atom is 0.324 e. The average Bonchev–Trinajstić information content (AvgIpc) is 2.83. The summed E-state index contributed by atoms with van der Waals surface area (Å²) in [5.74, 6) is -4.30. The molecule has 0 unspecified atom stereocenters. The van der Waals surface area contributed by atoms with Crippen molar-refractivity contribution in [1.82, 2.24) is 0 Å². The number of carbonyl (C=O) groups is 4. The highest BCUT2D eigenvalue weighted by molar-refractivity contribution is 6.01. The maximum absolute atomic E-state index is 13.1. The second-order valence-electron chi connectivity index (χ2n) is 7.73. The van der Waals surface area contributed by atoms with Crippen molar-refractivity contribution in [3.8, 4) is 0 Å². The van der Waals surface area contributed by atoms with Crippen LogP contribution in [0.15, 0.2) is 48.6 Å². The molecule has 192 valence electrons. The standard InChI is InChI=1S/C27H36O8/c1-6-32-23(28)22(24(29)33-7-2)18-20(5)19-27(25(30)34-8-3,26(31)35-9-4)17-13-16-21-14-11-10-12-15-21/h10-16,22H,5-9,17-19H2,1-4H3/b16-13+. The first-order chi connectivity index (χ1) is 16.7. The summed E-state index contributed by atoms with van der Waals surface area (Å²) in [4.78, 5) is 51.1. The van der Waals surface area contributed by atoms with Gasteiger partial charge in [-0.15, -0.1) is 0 Å². The second-order valence-corrected chi connectivity index (χ2v) is 7.73. The Bertz CT molecular complexity index is 852. The number of benzene rings is 1. The number of carbonyl (C=O) groups excluding carboxylic acids is 4. The fraction of sp³-hybridized carbons (Fsp3) is 0.481. The Kier molecular flexibility index (Phi) is 13.1. The van der Waals surface area contributed by atoms with Gasteiger partial charge in [0.05, 0.1) is 26.4 Å². The van der Waals surface area contributed by atoms with E-state index in [1.165, 1.54) is 0 Å². The summed E-state index contributed by atoms with van der Waals surface area (Å²) in [6.07, 6.45) is 3.13. The zero-order valence-electron chi connectivity index (χ0n) is 21.0. The third-order valence-corrected chi connectivity index (χ3v) is 5.10. The quantitative estimate of drug-likeness (QED) is 0.156. The van der Waals surface area contributed by atoms with Gasteiger partial charge in [-0.2, -0.15) is 0 Å². The summed E-state index contributed by atoms with van der Waals surface area (Å²) >= 11 is 0. The largest absolute Gasteiger partial charge is 0.465 e. The van der Waals surface area contributed by atoms with E-state index in [4.69, 9.17) is 18.9 Å². The first-order valence-corrected chi connectivity index (χ1v) is 11.8. The van der Waals surface area contributed by atoms with E-state index < -0.39 is 35.2 Å². The molecule has 0 bridgehead atoms. The van der Waals surface area contributed by atoms with Gasteiger partial charge in [0, 0.05) is 0 Å². The van der Waals surface area contributed by atoms with Crippen molar-refractivity contribution in [3.63, 3.8) is 0 Å². The normalized spacial score (nSPS) is 11.2. The van der Waals surface area contributed by atoms with Gasteiger partial charge in [-0.3, -0.25) is 19.2 Å². The molecular weight excluding hydrogens is 452 g/mol. The molecule has 1 rings (SSSR count). The lowest BCUT2D eigenvalue weighted by atomic mass is 9.76. The number of allylic oxidation sites excluding steroid dienone is 2. The van der Waals surface area contributed by atoms with Crippen LogP contribution in [0.2, 0.25) is 0 Å². The second kappa shape index (κ2) is 15.5. The Balaban J connectivity index is 3.30. The van der Waals surface area contributed by atoms with Crippen molar-refractivity contribution in [1.29, 1.82) is 0 Å². The van der Waals surface area contributed by atoms with Crippen molar-refractivity contribution in [2.75, 3.05) is 26.4 Å². The summed E-state index contributed by atoms with van der Waals surface area (Å²) in [5.41, 5.74) is -0.537. The Hall–Kier alpha value is -3.42. The predicted octanol–water partition coefficient (Wildman–Crippen LogP) is 4.28. The Morgan fingerprint density at radius 3 is 1.77 bits per heavy atom. The first-order valence-electron chi connectivity index (χ1n) is 11.8. The van der Waals surface area contributed by atoms with Crippen LogP contribution in [-0.2, 0) is 38.1 Å². The van der Waals surface area contributed by atoms with E-state index in [-0.39, 0.29) is 45.7 Å². The lowest BCUT2D eigenvalue weighted by Gasteiger charge is -2.29. The SMILES string of the molecule is C=C(CC(C(=O)OCC)C(=O)OCC)CC(C/C=C/c1ccccc1)(C(=O)OCC)C(=O)OCC. The van der Waals surface area contributed by atoms with Gasteiger partial charge in [-0.25, -0.2) is 0 Å². The molecule has 0 aromatic heterocycles. The van der Waals surface area contributed by atoms with E-state index in [2.05, 4.69) is 6.58 Å². The highest BCUT2D eigenvalue weighted by atomic mass is 16.6. The number of hydrogen-bond acceptors (Lipinski definition) is 8. The van der Waals surface area contributed by atoms with Crippen molar-refractivity contribution < 1.29 is 38.1 Å². The van der Waals surface area contributed by atoms with Gasteiger partial charge in [-0.1, -0.05) is 54.6 Å². The summed E-state index contributed by atoms with van der Waals surface area (Å²) in [5, 5.41) is 0. The molecule has 0 aliphatic rings. The van der Waals surface area contributed by atoms with Crippen molar-refractivity contribution >= 4 is 30.0 Å². The van der Waals surface area contributed by atoms with E-state index >= 15 is 0 Å². The zero-order chi connectivity index (χ0) is 26.3. The van der Waals surface area contributed by atoms with Crippen LogP contribution >= 0.6 is 0 Å². The van der Waals surface area contributed by atoms with E-state index in [9.17, 15) is 19.2 Å². The lowest BCUT2D eigenvalue weighted by molar-refractivity contribution is -0.172. The van der Waals surface area contributed by atoms with Crippen LogP contribution in [-0.4, -0.2) is 50.3 Å². The van der Waals surface area contributed by atoms with Gasteiger partial charge in [0.25, 0.3) is 0 Å². The zero-order valence-corrected chi connectivity index (χ0v) is 21.0. The van der Waals surface area contributed by atoms with E-state index in [0.29, 0.717) is 5.57 Å². The molecule has 0 atom stereocenters. The Morgan fingerprint density at radius 1 is 0.829 bits per heavy atom. The molecule has 0 heterocycles. The van der Waals surface area contributed by atoms with Crippen LogP contribution in [0.1, 0.15) is 52.5 Å². The summed E-state index contributed by atoms with van der Waals surface area (Å²) < 4.78 is 20.5. The molecule has 0 amide bonds. The van der Waals surface area contributed by atoms with Crippen LogP contribution in [0.4, 0.5) is 0 Å². The van der Waals surface area contributed by atoms with Crippen LogP contribution < -0.4 is 0 Å². The third kappa shape index (κ3) is 9.03. The summed E-state index contributed by atoms with van der Waals surface area (Å²) in [7, 11) is 0. The molecule has 0 aliphatic heterocycles. The van der Waals surface area contributed by atoms with E-state index in [1.54, 1.807) is 39.8 Å². The van der Waals surface area contributed by atoms with Gasteiger partial charge >= 0.3 is 23.9 Å². The van der Waals surface area contributed by atoms with E-state index in [1.807, 2.05) is 30.3 Å². The van der Waals surface area contributed by atoms with Gasteiger partial charge in [0.2, 0.25) is 0 Å². The minimum absolute atomic E-state index is 0.0257. The highest BCUT2D eigenvalue weighted by Crippen LogP contribution is 2.36. The van der Waals surface area contributed by atoms with Crippen LogP contribution in [0, 0.1) is 11.3 Å². The van der Waals surface area contributed by atoms with E-state index in [0.717, 1.165) is 5.56 Å². The molecule has 0 fully saturated rings.